The average molecular weight is 370 g/mol. The molecule has 0 radical (unpaired) electrons. The number of nitrogens with one attached hydrogen (secondary N) is 2. The van der Waals surface area contributed by atoms with Crippen molar-refractivity contribution in [2.75, 3.05) is 10.6 Å². The first-order chi connectivity index (χ1) is 11.2. The second kappa shape index (κ2) is 7.19. The molecule has 5 nitrogen and oxygen atoms in total. The fraction of sp³-hybridized carbons (Fsp3) is 0.118. The van der Waals surface area contributed by atoms with Crippen molar-refractivity contribution in [2.45, 2.75) is 13.5 Å². The van der Waals surface area contributed by atoms with Crippen LogP contribution in [-0.2, 0) is 6.54 Å². The molecule has 2 N–H and O–H groups in total. The lowest BCUT2D eigenvalue weighted by molar-refractivity contribution is 1.02. The number of hydrogen-bond donors (Lipinski definition) is 2. The highest BCUT2D eigenvalue weighted by molar-refractivity contribution is 9.10. The van der Waals surface area contributed by atoms with E-state index in [9.17, 15) is 0 Å². The molecule has 0 atom stereocenters. The van der Waals surface area contributed by atoms with Crippen molar-refractivity contribution in [2.24, 2.45) is 0 Å². The highest BCUT2D eigenvalue weighted by Gasteiger charge is 2.02. The summed E-state index contributed by atoms with van der Waals surface area (Å²) in [6.45, 7) is 2.67. The molecule has 0 aliphatic heterocycles. The first-order valence-electron chi connectivity index (χ1n) is 7.20. The molecular formula is C17H16BrN5. The van der Waals surface area contributed by atoms with Crippen LogP contribution in [0.1, 0.15) is 11.3 Å². The molecule has 0 saturated carbocycles. The predicted octanol–water partition coefficient (Wildman–Crippen LogP) is 4.30. The van der Waals surface area contributed by atoms with Crippen LogP contribution >= 0.6 is 15.9 Å². The zero-order valence-corrected chi connectivity index (χ0v) is 14.2. The Labute approximate surface area is 143 Å². The monoisotopic (exact) mass is 369 g/mol. The molecule has 1 aromatic carbocycles. The van der Waals surface area contributed by atoms with Crippen LogP contribution in [0.25, 0.3) is 0 Å². The molecule has 3 rings (SSSR count). The Morgan fingerprint density at radius 3 is 2.65 bits per heavy atom. The maximum atomic E-state index is 4.28. The van der Waals surface area contributed by atoms with Gasteiger partial charge in [0.15, 0.2) is 0 Å². The Morgan fingerprint density at radius 1 is 1.00 bits per heavy atom. The van der Waals surface area contributed by atoms with E-state index in [0.29, 0.717) is 6.54 Å². The highest BCUT2D eigenvalue weighted by Crippen LogP contribution is 2.23. The normalized spacial score (nSPS) is 10.3. The van der Waals surface area contributed by atoms with Gasteiger partial charge >= 0.3 is 0 Å². The van der Waals surface area contributed by atoms with Crippen molar-refractivity contribution in [1.29, 1.82) is 0 Å². The molecule has 2 heterocycles. The van der Waals surface area contributed by atoms with Gasteiger partial charge < -0.3 is 10.6 Å². The summed E-state index contributed by atoms with van der Waals surface area (Å²) < 4.78 is 1.06. The number of anilines is 3. The quantitative estimate of drug-likeness (QED) is 0.701. The van der Waals surface area contributed by atoms with Gasteiger partial charge in [-0.15, -0.1) is 0 Å². The smallest absolute Gasteiger partial charge is 0.135 e. The number of rotatable bonds is 5. The van der Waals surface area contributed by atoms with Gasteiger partial charge in [-0.05, 0) is 36.8 Å². The van der Waals surface area contributed by atoms with Crippen LogP contribution in [0.15, 0.2) is 59.5 Å². The van der Waals surface area contributed by atoms with Crippen molar-refractivity contribution in [3.63, 3.8) is 0 Å². The number of pyridine rings is 1. The van der Waals surface area contributed by atoms with E-state index in [1.165, 1.54) is 11.9 Å². The van der Waals surface area contributed by atoms with Gasteiger partial charge in [0.2, 0.25) is 0 Å². The molecule has 0 amide bonds. The van der Waals surface area contributed by atoms with Crippen LogP contribution in [-0.4, -0.2) is 15.0 Å². The van der Waals surface area contributed by atoms with E-state index in [-0.39, 0.29) is 0 Å². The Morgan fingerprint density at radius 2 is 1.87 bits per heavy atom. The summed E-state index contributed by atoms with van der Waals surface area (Å²) in [7, 11) is 0. The fourth-order valence-corrected chi connectivity index (χ4v) is 2.40. The SMILES string of the molecule is Cc1ccc(Nc2cc(NCc3ccccn3)ncn2)cc1Br. The minimum atomic E-state index is 0.618. The topological polar surface area (TPSA) is 62.7 Å². The average Bonchev–Trinajstić information content (AvgIpc) is 2.58. The minimum Gasteiger partial charge on any atom is -0.364 e. The van der Waals surface area contributed by atoms with Gasteiger partial charge in [0.25, 0.3) is 0 Å². The summed E-state index contributed by atoms with van der Waals surface area (Å²) in [5, 5.41) is 6.52. The van der Waals surface area contributed by atoms with Crippen LogP contribution in [0.4, 0.5) is 17.3 Å². The van der Waals surface area contributed by atoms with Crippen LogP contribution in [0.3, 0.4) is 0 Å². The largest absolute Gasteiger partial charge is 0.364 e. The van der Waals surface area contributed by atoms with E-state index in [1.54, 1.807) is 6.20 Å². The lowest BCUT2D eigenvalue weighted by Crippen LogP contribution is -2.04. The van der Waals surface area contributed by atoms with Crippen LogP contribution in [0.5, 0.6) is 0 Å². The van der Waals surface area contributed by atoms with Crippen molar-refractivity contribution in [1.82, 2.24) is 15.0 Å². The molecule has 23 heavy (non-hydrogen) atoms. The van der Waals surface area contributed by atoms with E-state index >= 15 is 0 Å². The van der Waals surface area contributed by atoms with E-state index in [1.807, 2.05) is 42.5 Å². The third-order valence-corrected chi connectivity index (χ3v) is 4.14. The molecular weight excluding hydrogens is 354 g/mol. The van der Waals surface area contributed by atoms with Gasteiger partial charge in [-0.1, -0.05) is 28.1 Å². The molecule has 0 spiro atoms. The summed E-state index contributed by atoms with van der Waals surface area (Å²) in [5.74, 6) is 1.48. The molecule has 0 aliphatic carbocycles. The van der Waals surface area contributed by atoms with Crippen LogP contribution in [0, 0.1) is 6.92 Å². The van der Waals surface area contributed by atoms with E-state index < -0.39 is 0 Å². The lowest BCUT2D eigenvalue weighted by atomic mass is 10.2. The Kier molecular flexibility index (Phi) is 4.83. The van der Waals surface area contributed by atoms with E-state index in [2.05, 4.69) is 48.4 Å². The van der Waals surface area contributed by atoms with Crippen molar-refractivity contribution >= 4 is 33.3 Å². The minimum absolute atomic E-state index is 0.618. The van der Waals surface area contributed by atoms with Crippen LogP contribution in [0.2, 0.25) is 0 Å². The maximum absolute atomic E-state index is 4.28. The number of aryl methyl sites for hydroxylation is 1. The summed E-state index contributed by atoms with van der Waals surface area (Å²) in [4.78, 5) is 12.8. The van der Waals surface area contributed by atoms with Gasteiger partial charge in [-0.3, -0.25) is 4.98 Å². The number of nitrogens with zero attached hydrogens (tertiary/aromatic N) is 3. The molecule has 3 aromatic rings. The van der Waals surface area contributed by atoms with Gasteiger partial charge in [0.05, 0.1) is 12.2 Å². The zero-order valence-electron chi connectivity index (χ0n) is 12.6. The molecule has 0 unspecified atom stereocenters. The third-order valence-electron chi connectivity index (χ3n) is 3.29. The molecule has 0 fully saturated rings. The Hall–Kier alpha value is -2.47. The van der Waals surface area contributed by atoms with Gasteiger partial charge in [0.1, 0.15) is 18.0 Å². The summed E-state index contributed by atoms with van der Waals surface area (Å²) in [6, 6.07) is 13.8. The van der Waals surface area contributed by atoms with Crippen molar-refractivity contribution in [3.05, 3.63) is 70.7 Å². The molecule has 116 valence electrons. The fourth-order valence-electron chi connectivity index (χ4n) is 2.02. The third kappa shape index (κ3) is 4.26. The first-order valence-corrected chi connectivity index (χ1v) is 7.99. The summed E-state index contributed by atoms with van der Waals surface area (Å²) in [5.41, 5.74) is 3.12. The number of aromatic nitrogens is 3. The van der Waals surface area contributed by atoms with E-state index in [0.717, 1.165) is 27.5 Å². The number of halogens is 1. The summed E-state index contributed by atoms with van der Waals surface area (Å²) in [6.07, 6.45) is 3.31. The summed E-state index contributed by atoms with van der Waals surface area (Å²) >= 11 is 3.53. The van der Waals surface area contributed by atoms with Crippen LogP contribution < -0.4 is 10.6 Å². The molecule has 2 aromatic heterocycles. The predicted molar refractivity (Wildman–Crippen MR) is 95.8 cm³/mol. The molecule has 0 saturated heterocycles. The standard InChI is InChI=1S/C17H16BrN5/c1-12-5-6-13(8-15(12)18)23-17-9-16(21-11-22-17)20-10-14-4-2-3-7-19-14/h2-9,11H,10H2,1H3,(H2,20,21,22,23). The van der Waals surface area contributed by atoms with Gasteiger partial charge in [-0.25, -0.2) is 9.97 Å². The number of benzene rings is 1. The van der Waals surface area contributed by atoms with Crippen molar-refractivity contribution in [3.8, 4) is 0 Å². The van der Waals surface area contributed by atoms with Crippen molar-refractivity contribution < 1.29 is 0 Å². The Balaban J connectivity index is 1.68. The maximum Gasteiger partial charge on any atom is 0.135 e. The van der Waals surface area contributed by atoms with E-state index in [4.69, 9.17) is 0 Å². The molecule has 0 bridgehead atoms. The second-order valence-corrected chi connectivity index (χ2v) is 5.91. The van der Waals surface area contributed by atoms with Gasteiger partial charge in [0, 0.05) is 22.4 Å². The lowest BCUT2D eigenvalue weighted by Gasteiger charge is -2.09. The zero-order chi connectivity index (χ0) is 16.1. The Bertz CT molecular complexity index is 792. The first kappa shape index (κ1) is 15.4. The second-order valence-electron chi connectivity index (χ2n) is 5.05. The van der Waals surface area contributed by atoms with Gasteiger partial charge in [-0.2, -0.15) is 0 Å². The number of hydrogen-bond acceptors (Lipinski definition) is 5. The molecule has 0 aliphatic rings. The highest BCUT2D eigenvalue weighted by atomic mass is 79.9. The molecule has 6 heteroatoms.